The Labute approximate surface area is 173 Å². The number of amides is 3. The number of hydrogen-bond acceptors (Lipinski definition) is 4. The van der Waals surface area contributed by atoms with Crippen LogP contribution in [0, 0.1) is 0 Å². The molecule has 1 fully saturated rings. The van der Waals surface area contributed by atoms with Crippen molar-refractivity contribution in [1.29, 1.82) is 0 Å². The van der Waals surface area contributed by atoms with E-state index < -0.39 is 11.6 Å². The lowest BCUT2D eigenvalue weighted by Gasteiger charge is -2.48. The van der Waals surface area contributed by atoms with Crippen molar-refractivity contribution in [3.8, 4) is 5.75 Å². The van der Waals surface area contributed by atoms with Crippen molar-refractivity contribution in [2.45, 2.75) is 25.4 Å². The number of anilines is 2. The fourth-order valence-corrected chi connectivity index (χ4v) is 4.44. The van der Waals surface area contributed by atoms with Crippen molar-refractivity contribution < 1.29 is 19.1 Å². The smallest absolute Gasteiger partial charge is 0.271 e. The Kier molecular flexibility index (Phi) is 4.70. The fraction of sp³-hybridized carbons (Fsp3) is 0.286. The van der Waals surface area contributed by atoms with Gasteiger partial charge in [-0.2, -0.15) is 0 Å². The molecule has 0 aliphatic carbocycles. The van der Waals surface area contributed by atoms with Gasteiger partial charge in [-0.05, 0) is 37.3 Å². The molecule has 2 aromatic carbocycles. The van der Waals surface area contributed by atoms with Crippen LogP contribution < -0.4 is 15.0 Å². The number of carbonyl (C=O) groups is 3. The minimum absolute atomic E-state index is 0.175. The predicted octanol–water partition coefficient (Wildman–Crippen LogP) is 3.29. The Morgan fingerprint density at radius 1 is 1.24 bits per heavy atom. The molecule has 2 aliphatic rings. The second-order valence-corrected chi connectivity index (χ2v) is 7.32. The first-order valence-corrected chi connectivity index (χ1v) is 9.71. The summed E-state index contributed by atoms with van der Waals surface area (Å²) in [5.41, 5.74) is -0.0751. The molecular weight excluding hydrogens is 394 g/mol. The van der Waals surface area contributed by atoms with Crippen LogP contribution in [-0.2, 0) is 9.59 Å². The molecule has 1 unspecified atom stereocenters. The van der Waals surface area contributed by atoms with Gasteiger partial charge in [0.1, 0.15) is 5.75 Å². The number of ether oxygens (including phenoxy) is 1. The van der Waals surface area contributed by atoms with Gasteiger partial charge in [0.2, 0.25) is 11.6 Å². The summed E-state index contributed by atoms with van der Waals surface area (Å²) < 4.78 is 5.14. The lowest BCUT2D eigenvalue weighted by molar-refractivity contribution is -0.128. The molecule has 1 saturated heterocycles. The molecule has 0 aromatic heterocycles. The number of carbonyl (C=O) groups excluding carboxylic acids is 3. The minimum Gasteiger partial charge on any atom is -0.495 e. The number of methoxy groups -OCH3 is 1. The average Bonchev–Trinajstić information content (AvgIpc) is 3.07. The number of rotatable bonds is 4. The van der Waals surface area contributed by atoms with Crippen LogP contribution in [0.4, 0.5) is 11.4 Å². The van der Waals surface area contributed by atoms with E-state index in [1.807, 2.05) is 0 Å². The van der Waals surface area contributed by atoms with Gasteiger partial charge in [-0.15, -0.1) is 0 Å². The summed E-state index contributed by atoms with van der Waals surface area (Å²) in [4.78, 5) is 42.4. The molecule has 2 heterocycles. The summed E-state index contributed by atoms with van der Waals surface area (Å²) in [5, 5.41) is 3.18. The molecule has 2 aliphatic heterocycles. The maximum absolute atomic E-state index is 13.5. The lowest BCUT2D eigenvalue weighted by Crippen LogP contribution is -2.69. The normalized spacial score (nSPS) is 20.4. The van der Waals surface area contributed by atoms with Crippen LogP contribution in [0.25, 0.3) is 0 Å². The van der Waals surface area contributed by atoms with Gasteiger partial charge in [-0.3, -0.25) is 19.3 Å². The average molecular weight is 414 g/mol. The highest BCUT2D eigenvalue weighted by molar-refractivity contribution is 6.32. The van der Waals surface area contributed by atoms with E-state index in [2.05, 4.69) is 5.32 Å². The molecule has 7 nitrogen and oxygen atoms in total. The van der Waals surface area contributed by atoms with E-state index in [0.29, 0.717) is 27.7 Å². The third kappa shape index (κ3) is 2.76. The van der Waals surface area contributed by atoms with E-state index in [4.69, 9.17) is 16.3 Å². The molecule has 0 bridgehead atoms. The number of nitrogens with one attached hydrogen (secondary N) is 1. The molecule has 0 radical (unpaired) electrons. The van der Waals surface area contributed by atoms with Crippen LogP contribution in [0.1, 0.15) is 30.1 Å². The van der Waals surface area contributed by atoms with Crippen LogP contribution >= 0.6 is 11.6 Å². The van der Waals surface area contributed by atoms with Gasteiger partial charge >= 0.3 is 0 Å². The molecule has 0 spiro atoms. The summed E-state index contributed by atoms with van der Waals surface area (Å²) in [5.74, 6) is -0.421. The van der Waals surface area contributed by atoms with Gasteiger partial charge in [0, 0.05) is 25.1 Å². The maximum Gasteiger partial charge on any atom is 0.271 e. The molecular formula is C21H20ClN3O4. The van der Waals surface area contributed by atoms with Crippen LogP contribution in [0.15, 0.2) is 42.5 Å². The zero-order valence-corrected chi connectivity index (χ0v) is 16.8. The molecule has 150 valence electrons. The Morgan fingerprint density at radius 3 is 2.69 bits per heavy atom. The topological polar surface area (TPSA) is 79.0 Å². The van der Waals surface area contributed by atoms with E-state index in [0.717, 1.165) is 0 Å². The number of fused-ring (bicyclic) bond motifs is 3. The highest BCUT2D eigenvalue weighted by Gasteiger charge is 2.60. The van der Waals surface area contributed by atoms with Crippen molar-refractivity contribution in [2.24, 2.45) is 0 Å². The zero-order valence-electron chi connectivity index (χ0n) is 16.1. The first-order valence-electron chi connectivity index (χ1n) is 9.33. The van der Waals surface area contributed by atoms with E-state index in [1.54, 1.807) is 49.4 Å². The van der Waals surface area contributed by atoms with E-state index in [9.17, 15) is 14.4 Å². The largest absolute Gasteiger partial charge is 0.495 e. The number of hydrogen-bond donors (Lipinski definition) is 1. The monoisotopic (exact) mass is 413 g/mol. The first kappa shape index (κ1) is 19.3. The second kappa shape index (κ2) is 7.08. The highest BCUT2D eigenvalue weighted by Crippen LogP contribution is 2.45. The van der Waals surface area contributed by atoms with Crippen LogP contribution in [-0.4, -0.2) is 41.9 Å². The Balaban J connectivity index is 1.79. The molecule has 8 heteroatoms. The van der Waals surface area contributed by atoms with Gasteiger partial charge in [0.15, 0.2) is 0 Å². The quantitative estimate of drug-likeness (QED) is 0.834. The standard InChI is InChI=1S/C21H20ClN3O4/c1-3-24-19(27)14-6-4-5-7-16(14)25-18(26)10-11-21(24,25)20(28)23-13-8-9-17(29-2)15(22)12-13/h4-9,12H,3,10-11H2,1-2H3,(H,23,28). The van der Waals surface area contributed by atoms with Crippen LogP contribution in [0.2, 0.25) is 5.02 Å². The number of para-hydroxylation sites is 1. The van der Waals surface area contributed by atoms with Gasteiger partial charge in [-0.1, -0.05) is 23.7 Å². The van der Waals surface area contributed by atoms with Gasteiger partial charge in [0.05, 0.1) is 23.4 Å². The zero-order chi connectivity index (χ0) is 20.8. The molecule has 1 N–H and O–H groups in total. The summed E-state index contributed by atoms with van der Waals surface area (Å²) in [7, 11) is 1.50. The van der Waals surface area contributed by atoms with Crippen molar-refractivity contribution in [3.05, 3.63) is 53.1 Å². The van der Waals surface area contributed by atoms with Gasteiger partial charge in [-0.25, -0.2) is 0 Å². The molecule has 4 rings (SSSR count). The van der Waals surface area contributed by atoms with E-state index in [-0.39, 0.29) is 31.2 Å². The van der Waals surface area contributed by atoms with Gasteiger partial charge in [0.25, 0.3) is 11.8 Å². The third-order valence-corrected chi connectivity index (χ3v) is 5.76. The Bertz CT molecular complexity index is 1020. The summed E-state index contributed by atoms with van der Waals surface area (Å²) in [6.45, 7) is 2.08. The second-order valence-electron chi connectivity index (χ2n) is 6.92. The molecule has 0 saturated carbocycles. The van der Waals surface area contributed by atoms with E-state index >= 15 is 0 Å². The Morgan fingerprint density at radius 2 is 2.00 bits per heavy atom. The van der Waals surface area contributed by atoms with Crippen molar-refractivity contribution >= 4 is 40.7 Å². The summed E-state index contributed by atoms with van der Waals surface area (Å²) in [6, 6.07) is 11.8. The number of likely N-dealkylation sites (N-methyl/N-ethyl adjacent to an activating group) is 1. The number of nitrogens with zero attached hydrogens (tertiary/aromatic N) is 2. The number of benzene rings is 2. The Hall–Kier alpha value is -3.06. The fourth-order valence-electron chi connectivity index (χ4n) is 4.18. The van der Waals surface area contributed by atoms with Crippen molar-refractivity contribution in [3.63, 3.8) is 0 Å². The van der Waals surface area contributed by atoms with E-state index in [1.165, 1.54) is 16.9 Å². The molecule has 3 amide bonds. The van der Waals surface area contributed by atoms with Gasteiger partial charge < -0.3 is 15.0 Å². The first-order chi connectivity index (χ1) is 13.9. The maximum atomic E-state index is 13.5. The number of halogens is 1. The highest BCUT2D eigenvalue weighted by atomic mass is 35.5. The molecule has 29 heavy (non-hydrogen) atoms. The van der Waals surface area contributed by atoms with Crippen molar-refractivity contribution in [1.82, 2.24) is 4.90 Å². The minimum atomic E-state index is -1.41. The third-order valence-electron chi connectivity index (χ3n) is 5.46. The van der Waals surface area contributed by atoms with Crippen molar-refractivity contribution in [2.75, 3.05) is 23.9 Å². The SMILES string of the molecule is CCN1C(=O)c2ccccc2N2C(=O)CCC12C(=O)Nc1ccc(OC)c(Cl)c1. The molecule has 2 aromatic rings. The predicted molar refractivity (Wildman–Crippen MR) is 109 cm³/mol. The lowest BCUT2D eigenvalue weighted by atomic mass is 9.95. The van der Waals surface area contributed by atoms with Crippen LogP contribution in [0.5, 0.6) is 5.75 Å². The summed E-state index contributed by atoms with van der Waals surface area (Å²) in [6.07, 6.45) is 0.393. The van der Waals surface area contributed by atoms with Crippen LogP contribution in [0.3, 0.4) is 0 Å². The summed E-state index contributed by atoms with van der Waals surface area (Å²) >= 11 is 6.17. The molecule has 1 atom stereocenters.